The zero-order chi connectivity index (χ0) is 19.7. The summed E-state index contributed by atoms with van der Waals surface area (Å²) in [5.74, 6) is 2.20. The van der Waals surface area contributed by atoms with Crippen LogP contribution in [0.25, 0.3) is 23.1 Å². The lowest BCUT2D eigenvalue weighted by atomic mass is 10.2. The number of aromatic nitrogens is 3. The monoisotopic (exact) mass is 393 g/mol. The van der Waals surface area contributed by atoms with Crippen LogP contribution < -0.4 is 9.80 Å². The van der Waals surface area contributed by atoms with Crippen LogP contribution in [0, 0.1) is 0 Å². The molecule has 1 aliphatic rings. The second-order valence-corrected chi connectivity index (χ2v) is 7.30. The molecule has 7 heteroatoms. The molecule has 0 spiro atoms. The molecule has 0 atom stereocenters. The Hall–Kier alpha value is -2.99. The highest BCUT2D eigenvalue weighted by molar-refractivity contribution is 6.31. The number of amides is 1. The topological polar surface area (TPSA) is 62.2 Å². The maximum Gasteiger partial charge on any atom is 0.228 e. The third kappa shape index (κ3) is 3.68. The molecule has 0 bridgehead atoms. The van der Waals surface area contributed by atoms with Crippen LogP contribution in [-0.2, 0) is 4.79 Å². The van der Waals surface area contributed by atoms with Gasteiger partial charge >= 0.3 is 0 Å². The predicted molar refractivity (Wildman–Crippen MR) is 114 cm³/mol. The lowest BCUT2D eigenvalue weighted by Gasteiger charge is -2.15. The Morgan fingerprint density at radius 2 is 1.96 bits per heavy atom. The number of hydrogen-bond donors (Lipinski definition) is 0. The van der Waals surface area contributed by atoms with E-state index in [9.17, 15) is 4.79 Å². The molecule has 1 amide bonds. The molecule has 3 heterocycles. The average Bonchev–Trinajstić information content (AvgIpc) is 3.12. The van der Waals surface area contributed by atoms with Crippen LogP contribution in [0.1, 0.15) is 24.4 Å². The first kappa shape index (κ1) is 18.4. The smallest absolute Gasteiger partial charge is 0.228 e. The first-order valence-corrected chi connectivity index (χ1v) is 9.49. The van der Waals surface area contributed by atoms with Crippen molar-refractivity contribution in [3.05, 3.63) is 52.9 Å². The van der Waals surface area contributed by atoms with Gasteiger partial charge in [-0.1, -0.05) is 17.7 Å². The van der Waals surface area contributed by atoms with Gasteiger partial charge in [0.25, 0.3) is 0 Å². The Labute approximate surface area is 168 Å². The molecule has 1 fully saturated rings. The fourth-order valence-electron chi connectivity index (χ4n) is 3.25. The molecule has 142 valence electrons. The summed E-state index contributed by atoms with van der Waals surface area (Å²) in [7, 11) is 3.88. The Balaban J connectivity index is 1.67. The van der Waals surface area contributed by atoms with E-state index in [2.05, 4.69) is 15.0 Å². The molecule has 0 radical (unpaired) electrons. The summed E-state index contributed by atoms with van der Waals surface area (Å²) in [6.07, 6.45) is 5.16. The fourth-order valence-corrected chi connectivity index (χ4v) is 3.42. The van der Waals surface area contributed by atoms with Crippen molar-refractivity contribution in [1.29, 1.82) is 0 Å². The minimum Gasteiger partial charge on any atom is -0.362 e. The summed E-state index contributed by atoms with van der Waals surface area (Å²) in [6, 6.07) is 11.2. The molecule has 4 rings (SSSR count). The first-order chi connectivity index (χ1) is 13.5. The summed E-state index contributed by atoms with van der Waals surface area (Å²) < 4.78 is 0. The Morgan fingerprint density at radius 1 is 1.11 bits per heavy atom. The van der Waals surface area contributed by atoms with Gasteiger partial charge in [0.2, 0.25) is 5.91 Å². The maximum atomic E-state index is 11.9. The van der Waals surface area contributed by atoms with Crippen molar-refractivity contribution in [2.75, 3.05) is 30.4 Å². The molecule has 0 aliphatic carbocycles. The van der Waals surface area contributed by atoms with Crippen molar-refractivity contribution in [3.8, 4) is 0 Å². The third-order valence-corrected chi connectivity index (χ3v) is 4.82. The number of anilines is 2. The van der Waals surface area contributed by atoms with Crippen LogP contribution in [0.4, 0.5) is 11.6 Å². The fraction of sp³-hybridized carbons (Fsp3) is 0.238. The summed E-state index contributed by atoms with van der Waals surface area (Å²) >= 11 is 6.13. The van der Waals surface area contributed by atoms with E-state index in [4.69, 9.17) is 11.6 Å². The molecule has 1 aromatic carbocycles. The van der Waals surface area contributed by atoms with Crippen LogP contribution in [0.3, 0.4) is 0 Å². The molecule has 1 saturated heterocycles. The van der Waals surface area contributed by atoms with Crippen molar-refractivity contribution < 1.29 is 4.79 Å². The van der Waals surface area contributed by atoms with Gasteiger partial charge in [0.15, 0.2) is 5.82 Å². The lowest BCUT2D eigenvalue weighted by molar-refractivity contribution is -0.117. The van der Waals surface area contributed by atoms with E-state index in [0.29, 0.717) is 23.1 Å². The van der Waals surface area contributed by atoms with E-state index in [1.807, 2.05) is 67.5 Å². The number of carbonyl (C=O) groups is 1. The molecule has 0 unspecified atom stereocenters. The minimum atomic E-state index is 0.126. The van der Waals surface area contributed by atoms with Crippen molar-refractivity contribution >= 4 is 52.2 Å². The largest absolute Gasteiger partial charge is 0.362 e. The van der Waals surface area contributed by atoms with E-state index in [0.717, 1.165) is 35.4 Å². The van der Waals surface area contributed by atoms with Gasteiger partial charge in [-0.05, 0) is 48.9 Å². The summed E-state index contributed by atoms with van der Waals surface area (Å²) in [5, 5.41) is 1.56. The van der Waals surface area contributed by atoms with Gasteiger partial charge in [-0.15, -0.1) is 0 Å². The highest BCUT2D eigenvalue weighted by Crippen LogP contribution is 2.26. The zero-order valence-corrected chi connectivity index (χ0v) is 16.5. The first-order valence-electron chi connectivity index (χ1n) is 9.11. The van der Waals surface area contributed by atoms with E-state index >= 15 is 0 Å². The second-order valence-electron chi connectivity index (χ2n) is 6.86. The van der Waals surface area contributed by atoms with E-state index in [1.54, 1.807) is 4.90 Å². The number of fused-ring (bicyclic) bond motifs is 1. The summed E-state index contributed by atoms with van der Waals surface area (Å²) in [5.41, 5.74) is 1.58. The van der Waals surface area contributed by atoms with E-state index < -0.39 is 0 Å². The minimum absolute atomic E-state index is 0.126. The maximum absolute atomic E-state index is 11.9. The Kier molecular flexibility index (Phi) is 4.96. The van der Waals surface area contributed by atoms with Crippen LogP contribution >= 0.6 is 11.6 Å². The normalized spacial score (nSPS) is 14.4. The molecular weight excluding hydrogens is 374 g/mol. The highest BCUT2D eigenvalue weighted by Gasteiger charge is 2.22. The van der Waals surface area contributed by atoms with Crippen LogP contribution in [-0.4, -0.2) is 41.5 Å². The number of nitrogens with zero attached hydrogens (tertiary/aromatic N) is 5. The molecule has 6 nitrogen and oxygen atoms in total. The average molecular weight is 394 g/mol. The number of hydrogen-bond acceptors (Lipinski definition) is 5. The third-order valence-electron chi connectivity index (χ3n) is 4.59. The quantitative estimate of drug-likeness (QED) is 0.669. The SMILES string of the molecule is CN(C)c1nc(/C=C/c2cccc(N3CCCC3=O)n2)nc2ccc(Cl)cc12. The Bertz CT molecular complexity index is 1080. The van der Waals surface area contributed by atoms with Crippen molar-refractivity contribution in [2.24, 2.45) is 0 Å². The van der Waals surface area contributed by atoms with Crippen LogP contribution in [0.5, 0.6) is 0 Å². The predicted octanol–water partition coefficient (Wildman–Crippen LogP) is 4.04. The zero-order valence-electron chi connectivity index (χ0n) is 15.8. The number of pyridine rings is 1. The molecule has 3 aromatic rings. The van der Waals surface area contributed by atoms with Crippen molar-refractivity contribution in [3.63, 3.8) is 0 Å². The molecule has 28 heavy (non-hydrogen) atoms. The molecule has 0 N–H and O–H groups in total. The summed E-state index contributed by atoms with van der Waals surface area (Å²) in [4.78, 5) is 29.5. The standard InChI is InChI=1S/C21H20ClN5O/c1-26(2)21-16-13-14(22)8-10-17(16)24-18(25-21)11-9-15-5-3-6-19(23-15)27-12-4-7-20(27)28/h3,5-6,8-11,13H,4,7,12H2,1-2H3/b11-9+. The van der Waals surface area contributed by atoms with Crippen molar-refractivity contribution in [2.45, 2.75) is 12.8 Å². The second kappa shape index (κ2) is 7.56. The molecule has 2 aromatic heterocycles. The van der Waals surface area contributed by atoms with Gasteiger partial charge in [0.05, 0.1) is 11.2 Å². The number of carbonyl (C=O) groups excluding carboxylic acids is 1. The lowest BCUT2D eigenvalue weighted by Crippen LogP contribution is -2.24. The van der Waals surface area contributed by atoms with Gasteiger partial charge < -0.3 is 4.90 Å². The molecular formula is C21H20ClN5O. The van der Waals surface area contributed by atoms with Gasteiger partial charge in [-0.3, -0.25) is 9.69 Å². The number of halogens is 1. The van der Waals surface area contributed by atoms with Crippen LogP contribution in [0.15, 0.2) is 36.4 Å². The highest BCUT2D eigenvalue weighted by atomic mass is 35.5. The molecule has 0 saturated carbocycles. The number of rotatable bonds is 4. The van der Waals surface area contributed by atoms with Gasteiger partial charge in [0.1, 0.15) is 11.6 Å². The van der Waals surface area contributed by atoms with Gasteiger partial charge in [0, 0.05) is 37.5 Å². The van der Waals surface area contributed by atoms with Crippen LogP contribution in [0.2, 0.25) is 5.02 Å². The Morgan fingerprint density at radius 3 is 2.71 bits per heavy atom. The molecule has 1 aliphatic heterocycles. The van der Waals surface area contributed by atoms with Crippen molar-refractivity contribution in [1.82, 2.24) is 15.0 Å². The van der Waals surface area contributed by atoms with E-state index in [1.165, 1.54) is 0 Å². The van der Waals surface area contributed by atoms with E-state index in [-0.39, 0.29) is 5.91 Å². The van der Waals surface area contributed by atoms with Gasteiger partial charge in [-0.2, -0.15) is 0 Å². The summed E-state index contributed by atoms with van der Waals surface area (Å²) in [6.45, 7) is 0.724. The number of benzene rings is 1. The van der Waals surface area contributed by atoms with Gasteiger partial charge in [-0.25, -0.2) is 15.0 Å².